The molecule has 0 fully saturated rings. The molecule has 7 nitrogen and oxygen atoms in total. The molecule has 30 heavy (non-hydrogen) atoms. The first-order valence-corrected chi connectivity index (χ1v) is 11.3. The fraction of sp³-hybridized carbons (Fsp3) is 0.286. The van der Waals surface area contributed by atoms with Crippen molar-refractivity contribution in [2.45, 2.75) is 38.0 Å². The quantitative estimate of drug-likeness (QED) is 0.446. The maximum atomic E-state index is 13.3. The SMILES string of the molecule is CCCCc1nnc2c(N(CC)S(=O)(=O)c3ccc(F)cc3)nc3ccccc3n12. The van der Waals surface area contributed by atoms with E-state index in [4.69, 9.17) is 0 Å². The molecule has 0 unspecified atom stereocenters. The summed E-state index contributed by atoms with van der Waals surface area (Å²) in [5.41, 5.74) is 1.85. The van der Waals surface area contributed by atoms with Crippen LogP contribution in [0.3, 0.4) is 0 Å². The molecular formula is C21H22FN5O2S. The number of hydrogen-bond donors (Lipinski definition) is 0. The lowest BCUT2D eigenvalue weighted by Gasteiger charge is -2.22. The molecule has 0 amide bonds. The van der Waals surface area contributed by atoms with Gasteiger partial charge in [-0.3, -0.25) is 4.40 Å². The zero-order valence-electron chi connectivity index (χ0n) is 16.8. The van der Waals surface area contributed by atoms with Crippen molar-refractivity contribution in [3.8, 4) is 0 Å². The minimum absolute atomic E-state index is 0.00965. The van der Waals surface area contributed by atoms with Crippen LogP contribution in [0.5, 0.6) is 0 Å². The predicted molar refractivity (Wildman–Crippen MR) is 114 cm³/mol. The van der Waals surface area contributed by atoms with Crippen LogP contribution < -0.4 is 4.31 Å². The number of hydrogen-bond acceptors (Lipinski definition) is 5. The molecular weight excluding hydrogens is 405 g/mol. The highest BCUT2D eigenvalue weighted by Gasteiger charge is 2.28. The number of aromatic nitrogens is 4. The molecule has 2 aromatic heterocycles. The summed E-state index contributed by atoms with van der Waals surface area (Å²) >= 11 is 0. The Morgan fingerprint density at radius 3 is 2.47 bits per heavy atom. The highest BCUT2D eigenvalue weighted by Crippen LogP contribution is 2.29. The summed E-state index contributed by atoms with van der Waals surface area (Å²) in [5, 5.41) is 8.62. The normalized spacial score (nSPS) is 12.0. The van der Waals surface area contributed by atoms with Gasteiger partial charge in [0.2, 0.25) is 5.65 Å². The van der Waals surface area contributed by atoms with Gasteiger partial charge < -0.3 is 0 Å². The van der Waals surface area contributed by atoms with Crippen LogP contribution in [0.2, 0.25) is 0 Å². The van der Waals surface area contributed by atoms with Crippen LogP contribution in [0.4, 0.5) is 10.2 Å². The maximum Gasteiger partial charge on any atom is 0.265 e. The molecule has 9 heteroatoms. The van der Waals surface area contributed by atoms with E-state index in [9.17, 15) is 12.8 Å². The van der Waals surface area contributed by atoms with Gasteiger partial charge in [-0.1, -0.05) is 25.5 Å². The molecule has 0 bridgehead atoms. The lowest BCUT2D eigenvalue weighted by Crippen LogP contribution is -2.32. The van der Waals surface area contributed by atoms with Crippen LogP contribution in [-0.2, 0) is 16.4 Å². The van der Waals surface area contributed by atoms with Gasteiger partial charge in [-0.15, -0.1) is 10.2 Å². The average Bonchev–Trinajstić information content (AvgIpc) is 3.17. The average molecular weight is 428 g/mol. The Kier molecular flexibility index (Phi) is 5.38. The van der Waals surface area contributed by atoms with Crippen molar-refractivity contribution in [3.05, 3.63) is 60.2 Å². The Morgan fingerprint density at radius 1 is 1.03 bits per heavy atom. The molecule has 0 spiro atoms. The van der Waals surface area contributed by atoms with Crippen LogP contribution in [0, 0.1) is 5.82 Å². The van der Waals surface area contributed by atoms with Crippen LogP contribution >= 0.6 is 0 Å². The number of nitrogens with zero attached hydrogens (tertiary/aromatic N) is 5. The maximum absolute atomic E-state index is 13.3. The van der Waals surface area contributed by atoms with Gasteiger partial charge >= 0.3 is 0 Å². The predicted octanol–water partition coefficient (Wildman–Crippen LogP) is 3.97. The molecule has 4 aromatic rings. The number of fused-ring (bicyclic) bond motifs is 3. The minimum Gasteiger partial charge on any atom is -0.274 e. The van der Waals surface area contributed by atoms with Crippen molar-refractivity contribution in [2.75, 3.05) is 10.8 Å². The smallest absolute Gasteiger partial charge is 0.265 e. The van der Waals surface area contributed by atoms with Crippen LogP contribution in [0.15, 0.2) is 53.4 Å². The molecule has 4 rings (SSSR count). The summed E-state index contributed by atoms with van der Waals surface area (Å²) in [4.78, 5) is 4.62. The molecule has 0 aliphatic carbocycles. The number of anilines is 1. The largest absolute Gasteiger partial charge is 0.274 e. The second-order valence-corrected chi connectivity index (χ2v) is 8.79. The topological polar surface area (TPSA) is 80.5 Å². The van der Waals surface area contributed by atoms with E-state index >= 15 is 0 Å². The number of sulfonamides is 1. The molecule has 0 N–H and O–H groups in total. The third-order valence-corrected chi connectivity index (χ3v) is 6.84. The fourth-order valence-electron chi connectivity index (χ4n) is 3.46. The Balaban J connectivity index is 1.96. The van der Waals surface area contributed by atoms with Gasteiger partial charge in [0.05, 0.1) is 15.9 Å². The minimum atomic E-state index is -3.97. The second kappa shape index (κ2) is 7.98. The van der Waals surface area contributed by atoms with Gasteiger partial charge in [-0.05, 0) is 49.7 Å². The number of halogens is 1. The molecule has 156 valence electrons. The van der Waals surface area contributed by atoms with Gasteiger partial charge in [0.15, 0.2) is 5.82 Å². The Morgan fingerprint density at radius 2 is 1.77 bits per heavy atom. The second-order valence-electron chi connectivity index (χ2n) is 6.93. The van der Waals surface area contributed by atoms with Gasteiger partial charge in [0, 0.05) is 13.0 Å². The van der Waals surface area contributed by atoms with Gasteiger partial charge in [-0.2, -0.15) is 0 Å². The molecule has 0 atom stereocenters. The lowest BCUT2D eigenvalue weighted by molar-refractivity contribution is 0.590. The van der Waals surface area contributed by atoms with Crippen LogP contribution in [0.25, 0.3) is 16.7 Å². The fourth-order valence-corrected chi connectivity index (χ4v) is 4.88. The van der Waals surface area contributed by atoms with Crippen molar-refractivity contribution in [2.24, 2.45) is 0 Å². The zero-order chi connectivity index (χ0) is 21.3. The van der Waals surface area contributed by atoms with Gasteiger partial charge in [0.25, 0.3) is 10.0 Å². The molecule has 0 saturated heterocycles. The van der Waals surface area contributed by atoms with Crippen molar-refractivity contribution in [1.82, 2.24) is 19.6 Å². The van der Waals surface area contributed by atoms with E-state index in [-0.39, 0.29) is 17.3 Å². The summed E-state index contributed by atoms with van der Waals surface area (Å²) in [5.74, 6) is 0.471. The van der Waals surface area contributed by atoms with E-state index in [1.54, 1.807) is 6.92 Å². The van der Waals surface area contributed by atoms with E-state index in [0.717, 1.165) is 42.7 Å². The highest BCUT2D eigenvalue weighted by molar-refractivity contribution is 7.92. The van der Waals surface area contributed by atoms with Crippen molar-refractivity contribution < 1.29 is 12.8 Å². The van der Waals surface area contributed by atoms with Gasteiger partial charge in [0.1, 0.15) is 11.6 Å². The van der Waals surface area contributed by atoms with Crippen molar-refractivity contribution >= 4 is 32.5 Å². The standard InChI is InChI=1S/C21H22FN5O2S/c1-3-5-10-19-24-25-21-20(23-17-8-6-7-9-18(17)27(19)21)26(4-2)30(28,29)16-13-11-15(22)12-14-16/h6-9,11-14H,3-5,10H2,1-2H3. The summed E-state index contributed by atoms with van der Waals surface area (Å²) < 4.78 is 43.1. The Hall–Kier alpha value is -3.07. The summed E-state index contributed by atoms with van der Waals surface area (Å²) in [6, 6.07) is 12.3. The molecule has 2 heterocycles. The number of para-hydroxylation sites is 2. The van der Waals surface area contributed by atoms with Crippen LogP contribution in [0.1, 0.15) is 32.5 Å². The number of unbranched alkanes of at least 4 members (excludes halogenated alkanes) is 1. The van der Waals surface area contributed by atoms with Crippen LogP contribution in [-0.4, -0.2) is 34.5 Å². The van der Waals surface area contributed by atoms with E-state index in [2.05, 4.69) is 22.1 Å². The third kappa shape index (κ3) is 3.39. The third-order valence-electron chi connectivity index (χ3n) is 4.96. The van der Waals surface area contributed by atoms with E-state index in [1.807, 2.05) is 28.7 Å². The highest BCUT2D eigenvalue weighted by atomic mass is 32.2. The lowest BCUT2D eigenvalue weighted by atomic mass is 10.2. The summed E-state index contributed by atoms with van der Waals surface area (Å²) in [7, 11) is -3.97. The van der Waals surface area contributed by atoms with E-state index in [1.165, 1.54) is 16.4 Å². The Bertz CT molecular complexity index is 1300. The summed E-state index contributed by atoms with van der Waals surface area (Å²) in [6.07, 6.45) is 2.67. The van der Waals surface area contributed by atoms with Crippen molar-refractivity contribution in [1.29, 1.82) is 0 Å². The number of aryl methyl sites for hydroxylation is 1. The Labute approximate surface area is 174 Å². The number of rotatable bonds is 7. The molecule has 0 aliphatic rings. The molecule has 0 aliphatic heterocycles. The van der Waals surface area contributed by atoms with E-state index in [0.29, 0.717) is 11.2 Å². The first-order chi connectivity index (χ1) is 14.5. The molecule has 2 aromatic carbocycles. The van der Waals surface area contributed by atoms with Gasteiger partial charge in [-0.25, -0.2) is 22.1 Å². The summed E-state index contributed by atoms with van der Waals surface area (Å²) in [6.45, 7) is 3.96. The van der Waals surface area contributed by atoms with E-state index < -0.39 is 15.8 Å². The molecule has 0 saturated carbocycles. The first kappa shape index (κ1) is 20.2. The van der Waals surface area contributed by atoms with Crippen molar-refractivity contribution in [3.63, 3.8) is 0 Å². The zero-order valence-corrected chi connectivity index (χ0v) is 17.6. The first-order valence-electron chi connectivity index (χ1n) is 9.88. The number of benzene rings is 2. The monoisotopic (exact) mass is 427 g/mol. The molecule has 0 radical (unpaired) electrons.